The molecule has 3 heterocycles. The van der Waals surface area contributed by atoms with Crippen LogP contribution >= 0.6 is 0 Å². The Morgan fingerprint density at radius 1 is 1.16 bits per heavy atom. The quantitative estimate of drug-likeness (QED) is 0.883. The van der Waals surface area contributed by atoms with Crippen molar-refractivity contribution < 1.29 is 4.39 Å². The molecule has 7 heteroatoms. The number of nitrogens with zero attached hydrogens (tertiary/aromatic N) is 4. The third-order valence-corrected chi connectivity index (χ3v) is 5.09. The first-order valence-corrected chi connectivity index (χ1v) is 8.63. The molecule has 4 rings (SSSR count). The maximum atomic E-state index is 13.3. The lowest BCUT2D eigenvalue weighted by Gasteiger charge is -2.21. The molecule has 2 fully saturated rings. The molecule has 132 valence electrons. The highest BCUT2D eigenvalue weighted by atomic mass is 19.1. The van der Waals surface area contributed by atoms with E-state index in [1.165, 1.54) is 12.1 Å². The maximum Gasteiger partial charge on any atom is 0.223 e. The molecule has 2 saturated heterocycles. The first kappa shape index (κ1) is 16.1. The maximum absolute atomic E-state index is 13.3. The summed E-state index contributed by atoms with van der Waals surface area (Å²) in [5.41, 5.74) is 6.76. The van der Waals surface area contributed by atoms with Crippen molar-refractivity contribution in [2.45, 2.75) is 6.54 Å². The van der Waals surface area contributed by atoms with Gasteiger partial charge in [0.1, 0.15) is 17.5 Å². The zero-order valence-electron chi connectivity index (χ0n) is 14.3. The topological polar surface area (TPSA) is 70.3 Å². The second-order valence-electron chi connectivity index (χ2n) is 7.10. The first-order chi connectivity index (χ1) is 12.1. The molecule has 0 bridgehead atoms. The molecule has 0 radical (unpaired) electrons. The number of rotatable bonds is 4. The highest BCUT2D eigenvalue weighted by molar-refractivity contribution is 5.53. The van der Waals surface area contributed by atoms with E-state index in [4.69, 9.17) is 5.73 Å². The summed E-state index contributed by atoms with van der Waals surface area (Å²) in [7, 11) is 2.18. The van der Waals surface area contributed by atoms with Crippen molar-refractivity contribution in [3.63, 3.8) is 0 Å². The fourth-order valence-corrected chi connectivity index (χ4v) is 3.96. The normalized spacial score (nSPS) is 23.0. The van der Waals surface area contributed by atoms with E-state index < -0.39 is 0 Å². The molecule has 2 aromatic rings. The molecule has 2 aliphatic rings. The van der Waals surface area contributed by atoms with Crippen molar-refractivity contribution in [3.05, 3.63) is 41.7 Å². The summed E-state index contributed by atoms with van der Waals surface area (Å²) >= 11 is 0. The molecule has 1 aromatic carbocycles. The van der Waals surface area contributed by atoms with Gasteiger partial charge in [0.05, 0.1) is 0 Å². The minimum Gasteiger partial charge on any atom is -0.368 e. The summed E-state index contributed by atoms with van der Waals surface area (Å²) in [5.74, 6) is 2.95. The Kier molecular flexibility index (Phi) is 4.17. The van der Waals surface area contributed by atoms with Gasteiger partial charge in [0, 0.05) is 38.8 Å². The number of hydrogen-bond donors (Lipinski definition) is 2. The Hall–Kier alpha value is -2.41. The number of fused-ring (bicyclic) bond motifs is 1. The second-order valence-corrected chi connectivity index (χ2v) is 7.10. The summed E-state index contributed by atoms with van der Waals surface area (Å²) in [4.78, 5) is 13.4. The molecule has 2 aliphatic heterocycles. The van der Waals surface area contributed by atoms with Crippen molar-refractivity contribution in [1.82, 2.24) is 14.9 Å². The predicted octanol–water partition coefficient (Wildman–Crippen LogP) is 1.81. The Labute approximate surface area is 146 Å². The molecule has 1 aromatic heterocycles. The number of anilines is 3. The summed E-state index contributed by atoms with van der Waals surface area (Å²) in [6.45, 7) is 4.80. The molecule has 0 aliphatic carbocycles. The molecule has 0 unspecified atom stereocenters. The highest BCUT2D eigenvalue weighted by Gasteiger charge is 2.39. The summed E-state index contributed by atoms with van der Waals surface area (Å²) < 4.78 is 13.3. The van der Waals surface area contributed by atoms with E-state index in [2.05, 4.69) is 32.1 Å². The van der Waals surface area contributed by atoms with Gasteiger partial charge in [-0.05, 0) is 36.6 Å². The average molecular weight is 342 g/mol. The van der Waals surface area contributed by atoms with Gasteiger partial charge in [-0.25, -0.2) is 4.39 Å². The standard InChI is InChI=1S/C18H23FN6/c1-24-8-13-10-25(11-14(13)9-24)17-6-16(22-18(20)23-17)21-7-12-3-2-4-15(19)5-12/h2-6,13-14H,7-11H2,1H3,(H3,20,21,22,23)/t13-,14+. The van der Waals surface area contributed by atoms with Gasteiger partial charge < -0.3 is 20.9 Å². The van der Waals surface area contributed by atoms with Gasteiger partial charge in [-0.3, -0.25) is 0 Å². The summed E-state index contributed by atoms with van der Waals surface area (Å²) in [5, 5.41) is 3.22. The van der Waals surface area contributed by atoms with E-state index in [0.29, 0.717) is 24.2 Å². The van der Waals surface area contributed by atoms with Gasteiger partial charge in [-0.1, -0.05) is 12.1 Å². The van der Waals surface area contributed by atoms with Crippen molar-refractivity contribution in [2.75, 3.05) is 49.2 Å². The largest absolute Gasteiger partial charge is 0.368 e. The Morgan fingerprint density at radius 2 is 1.92 bits per heavy atom. The number of hydrogen-bond acceptors (Lipinski definition) is 6. The van der Waals surface area contributed by atoms with Crippen LogP contribution in [-0.2, 0) is 6.54 Å². The number of halogens is 1. The number of aromatic nitrogens is 2. The zero-order valence-corrected chi connectivity index (χ0v) is 14.3. The Bertz CT molecular complexity index is 753. The molecule has 3 N–H and O–H groups in total. The van der Waals surface area contributed by atoms with Crippen molar-refractivity contribution >= 4 is 17.6 Å². The van der Waals surface area contributed by atoms with Crippen LogP contribution in [0.1, 0.15) is 5.56 Å². The molecular weight excluding hydrogens is 319 g/mol. The number of nitrogens with one attached hydrogen (secondary N) is 1. The molecule has 25 heavy (non-hydrogen) atoms. The van der Waals surface area contributed by atoms with Crippen LogP contribution in [0.3, 0.4) is 0 Å². The van der Waals surface area contributed by atoms with Gasteiger partial charge in [-0.15, -0.1) is 0 Å². The third kappa shape index (κ3) is 3.51. The van der Waals surface area contributed by atoms with Crippen LogP contribution in [-0.4, -0.2) is 48.1 Å². The zero-order chi connectivity index (χ0) is 17.4. The van der Waals surface area contributed by atoms with Gasteiger partial charge in [0.2, 0.25) is 5.95 Å². The number of benzene rings is 1. The first-order valence-electron chi connectivity index (χ1n) is 8.63. The Morgan fingerprint density at radius 3 is 2.64 bits per heavy atom. The smallest absolute Gasteiger partial charge is 0.223 e. The van der Waals surface area contributed by atoms with Crippen LogP contribution in [0.25, 0.3) is 0 Å². The molecule has 6 nitrogen and oxygen atoms in total. The van der Waals surface area contributed by atoms with Gasteiger partial charge in [0.15, 0.2) is 0 Å². The molecule has 2 atom stereocenters. The van der Waals surface area contributed by atoms with E-state index in [0.717, 1.165) is 37.6 Å². The predicted molar refractivity (Wildman–Crippen MR) is 96.9 cm³/mol. The lowest BCUT2D eigenvalue weighted by Crippen LogP contribution is -2.27. The van der Waals surface area contributed by atoms with E-state index in [1.807, 2.05) is 12.1 Å². The van der Waals surface area contributed by atoms with Crippen molar-refractivity contribution in [1.29, 1.82) is 0 Å². The van der Waals surface area contributed by atoms with E-state index in [1.54, 1.807) is 6.07 Å². The van der Waals surface area contributed by atoms with Gasteiger partial charge in [-0.2, -0.15) is 9.97 Å². The highest BCUT2D eigenvalue weighted by Crippen LogP contribution is 2.33. The SMILES string of the molecule is CN1C[C@@H]2CN(c3cc(NCc4cccc(F)c4)nc(N)n3)C[C@@H]2C1. The van der Waals surface area contributed by atoms with Gasteiger partial charge in [0.25, 0.3) is 0 Å². The van der Waals surface area contributed by atoms with E-state index in [9.17, 15) is 4.39 Å². The summed E-state index contributed by atoms with van der Waals surface area (Å²) in [6.07, 6.45) is 0. The van der Waals surface area contributed by atoms with Gasteiger partial charge >= 0.3 is 0 Å². The molecule has 0 spiro atoms. The number of nitrogen functional groups attached to an aromatic ring is 1. The minimum absolute atomic E-state index is 0.240. The lowest BCUT2D eigenvalue weighted by atomic mass is 10.0. The molecular formula is C18H23FN6. The van der Waals surface area contributed by atoms with Crippen LogP contribution in [0.2, 0.25) is 0 Å². The van der Waals surface area contributed by atoms with Crippen molar-refractivity contribution in [3.8, 4) is 0 Å². The molecule has 0 amide bonds. The second kappa shape index (κ2) is 6.48. The molecule has 0 saturated carbocycles. The third-order valence-electron chi connectivity index (χ3n) is 5.09. The van der Waals surface area contributed by atoms with E-state index in [-0.39, 0.29) is 11.8 Å². The van der Waals surface area contributed by atoms with Crippen LogP contribution in [0.15, 0.2) is 30.3 Å². The summed E-state index contributed by atoms with van der Waals surface area (Å²) in [6, 6.07) is 8.45. The fraction of sp³-hybridized carbons (Fsp3) is 0.444. The van der Waals surface area contributed by atoms with E-state index >= 15 is 0 Å². The average Bonchev–Trinajstić information content (AvgIpc) is 3.10. The monoisotopic (exact) mass is 342 g/mol. The van der Waals surface area contributed by atoms with Crippen molar-refractivity contribution in [2.24, 2.45) is 11.8 Å². The minimum atomic E-state index is -0.240. The number of likely N-dealkylation sites (tertiary alicyclic amines) is 1. The number of nitrogens with two attached hydrogens (primary N) is 1. The van der Waals surface area contributed by atoms with Crippen LogP contribution < -0.4 is 16.0 Å². The fourth-order valence-electron chi connectivity index (χ4n) is 3.96. The van der Waals surface area contributed by atoms with Crippen LogP contribution in [0.4, 0.5) is 22.0 Å². The lowest BCUT2D eigenvalue weighted by molar-refractivity contribution is 0.387. The van der Waals surface area contributed by atoms with Crippen LogP contribution in [0.5, 0.6) is 0 Å². The Balaban J connectivity index is 1.46. The van der Waals surface area contributed by atoms with Crippen LogP contribution in [0, 0.1) is 17.7 Å².